The molecular weight excluding hydrogens is 131 g/mol. The molecule has 42 valence electrons. The summed E-state index contributed by atoms with van der Waals surface area (Å²) < 4.78 is 4.27. The fourth-order valence-corrected chi connectivity index (χ4v) is 0.174. The summed E-state index contributed by atoms with van der Waals surface area (Å²) in [4.78, 5) is 10.2. The number of hydrogen-bond acceptors (Lipinski definition) is 2. The standard InChI is InChI=1S/C5H8O2.K.H/c1-4(2)5(6)7-3;;/h1H2,2-3H3;;. The van der Waals surface area contributed by atoms with Crippen LogP contribution in [-0.2, 0) is 9.53 Å². The van der Waals surface area contributed by atoms with E-state index in [2.05, 4.69) is 11.3 Å². The quantitative estimate of drug-likeness (QED) is 0.293. The minimum absolute atomic E-state index is 0. The molecule has 0 unspecified atom stereocenters. The molecule has 0 aliphatic carbocycles. The SMILES string of the molecule is C=C(C)C(=O)OC.[KH]. The van der Waals surface area contributed by atoms with E-state index in [0.717, 1.165) is 0 Å². The van der Waals surface area contributed by atoms with Crippen LogP contribution in [0.25, 0.3) is 0 Å². The van der Waals surface area contributed by atoms with Crippen molar-refractivity contribution in [3.63, 3.8) is 0 Å². The summed E-state index contributed by atoms with van der Waals surface area (Å²) in [5, 5.41) is 0. The van der Waals surface area contributed by atoms with E-state index >= 15 is 0 Å². The van der Waals surface area contributed by atoms with Gasteiger partial charge in [0.1, 0.15) is 0 Å². The molecule has 2 nitrogen and oxygen atoms in total. The van der Waals surface area contributed by atoms with E-state index in [1.807, 2.05) is 0 Å². The van der Waals surface area contributed by atoms with Crippen LogP contribution in [0.15, 0.2) is 12.2 Å². The first kappa shape index (κ1) is 11.6. The number of methoxy groups -OCH3 is 1. The van der Waals surface area contributed by atoms with E-state index < -0.39 is 0 Å². The molecule has 3 heteroatoms. The monoisotopic (exact) mass is 140 g/mol. The van der Waals surface area contributed by atoms with Gasteiger partial charge in [0.2, 0.25) is 0 Å². The van der Waals surface area contributed by atoms with Crippen molar-refractivity contribution in [3.8, 4) is 0 Å². The Bertz CT molecular complexity index is 98.6. The van der Waals surface area contributed by atoms with Gasteiger partial charge >= 0.3 is 57.4 Å². The summed E-state index contributed by atoms with van der Waals surface area (Å²) in [5.41, 5.74) is 0.433. The molecule has 0 rings (SSSR count). The second-order valence-corrected chi connectivity index (χ2v) is 1.27. The van der Waals surface area contributed by atoms with E-state index in [4.69, 9.17) is 0 Å². The molecule has 0 amide bonds. The van der Waals surface area contributed by atoms with Gasteiger partial charge in [-0.1, -0.05) is 6.58 Å². The number of carbonyl (C=O) groups is 1. The van der Waals surface area contributed by atoms with Gasteiger partial charge in [0, 0.05) is 5.57 Å². The summed E-state index contributed by atoms with van der Waals surface area (Å²) in [6, 6.07) is 0. The zero-order valence-electron chi connectivity index (χ0n) is 4.52. The maximum absolute atomic E-state index is 10.2. The van der Waals surface area contributed by atoms with Gasteiger partial charge in [-0.25, -0.2) is 4.79 Å². The molecule has 0 aliphatic rings. The van der Waals surface area contributed by atoms with Gasteiger partial charge in [-0.05, 0) is 6.92 Å². The first-order chi connectivity index (χ1) is 3.18. The molecule has 0 atom stereocenters. The third-order valence-electron chi connectivity index (χ3n) is 0.534. The number of esters is 1. The Labute approximate surface area is 91.7 Å². The zero-order chi connectivity index (χ0) is 5.86. The Morgan fingerprint density at radius 3 is 2.00 bits per heavy atom. The van der Waals surface area contributed by atoms with E-state index in [9.17, 15) is 4.79 Å². The molecule has 0 spiro atoms. The number of hydrogen-bond donors (Lipinski definition) is 0. The van der Waals surface area contributed by atoms with Crippen LogP contribution in [0.5, 0.6) is 0 Å². The Morgan fingerprint density at radius 1 is 1.62 bits per heavy atom. The summed E-state index contributed by atoms with van der Waals surface area (Å²) >= 11 is 0. The van der Waals surface area contributed by atoms with Crippen molar-refractivity contribution in [1.82, 2.24) is 0 Å². The first-order valence-corrected chi connectivity index (χ1v) is 1.92. The van der Waals surface area contributed by atoms with Crippen molar-refractivity contribution in [2.45, 2.75) is 6.92 Å². The Kier molecular flexibility index (Phi) is 8.68. The van der Waals surface area contributed by atoms with Crippen molar-refractivity contribution in [1.29, 1.82) is 0 Å². The van der Waals surface area contributed by atoms with Crippen LogP contribution in [0.4, 0.5) is 0 Å². The van der Waals surface area contributed by atoms with E-state index in [0.29, 0.717) is 5.57 Å². The fraction of sp³-hybridized carbons (Fsp3) is 0.400. The van der Waals surface area contributed by atoms with Gasteiger partial charge in [0.15, 0.2) is 0 Å². The van der Waals surface area contributed by atoms with E-state index in [-0.39, 0.29) is 57.4 Å². The van der Waals surface area contributed by atoms with Crippen molar-refractivity contribution in [2.75, 3.05) is 7.11 Å². The van der Waals surface area contributed by atoms with E-state index in [1.54, 1.807) is 6.92 Å². The molecule has 0 heterocycles. The first-order valence-electron chi connectivity index (χ1n) is 1.92. The molecule has 0 bridgehead atoms. The average Bonchev–Trinajstić information content (AvgIpc) is 1.65. The van der Waals surface area contributed by atoms with Gasteiger partial charge in [0.25, 0.3) is 0 Å². The summed E-state index contributed by atoms with van der Waals surface area (Å²) in [6.07, 6.45) is 0. The summed E-state index contributed by atoms with van der Waals surface area (Å²) in [5.74, 6) is -0.347. The van der Waals surface area contributed by atoms with Crippen LogP contribution in [0.2, 0.25) is 0 Å². The van der Waals surface area contributed by atoms with Crippen LogP contribution >= 0.6 is 0 Å². The maximum atomic E-state index is 10.2. The topological polar surface area (TPSA) is 26.3 Å². The molecule has 0 aliphatic heterocycles. The Morgan fingerprint density at radius 2 is 2.00 bits per heavy atom. The molecular formula is C5H9KO2. The van der Waals surface area contributed by atoms with Crippen LogP contribution in [0.3, 0.4) is 0 Å². The molecule has 0 aromatic heterocycles. The van der Waals surface area contributed by atoms with Crippen molar-refractivity contribution in [2.24, 2.45) is 0 Å². The van der Waals surface area contributed by atoms with Crippen molar-refractivity contribution < 1.29 is 9.53 Å². The van der Waals surface area contributed by atoms with Gasteiger partial charge in [0.05, 0.1) is 7.11 Å². The molecule has 0 aromatic rings. The fourth-order valence-electron chi connectivity index (χ4n) is 0.174. The van der Waals surface area contributed by atoms with Crippen LogP contribution in [0.1, 0.15) is 6.92 Å². The van der Waals surface area contributed by atoms with Gasteiger partial charge < -0.3 is 4.74 Å². The second kappa shape index (κ2) is 5.97. The molecule has 0 fully saturated rings. The van der Waals surface area contributed by atoms with Crippen LogP contribution < -0.4 is 0 Å². The Hall–Kier alpha value is 0.846. The molecule has 0 saturated carbocycles. The molecule has 0 N–H and O–H groups in total. The second-order valence-electron chi connectivity index (χ2n) is 1.27. The minimum atomic E-state index is -0.347. The van der Waals surface area contributed by atoms with Crippen molar-refractivity contribution in [3.05, 3.63) is 12.2 Å². The van der Waals surface area contributed by atoms with Gasteiger partial charge in [-0.2, -0.15) is 0 Å². The summed E-state index contributed by atoms with van der Waals surface area (Å²) in [6.45, 7) is 4.95. The van der Waals surface area contributed by atoms with Crippen LogP contribution in [-0.4, -0.2) is 64.5 Å². The summed E-state index contributed by atoms with van der Waals surface area (Å²) in [7, 11) is 1.33. The number of ether oxygens (including phenoxy) is 1. The third-order valence-corrected chi connectivity index (χ3v) is 0.534. The molecule has 0 aromatic carbocycles. The van der Waals surface area contributed by atoms with Crippen molar-refractivity contribution >= 4 is 57.4 Å². The van der Waals surface area contributed by atoms with Gasteiger partial charge in [-0.15, -0.1) is 0 Å². The number of rotatable bonds is 1. The third kappa shape index (κ3) is 4.99. The number of carbonyl (C=O) groups excluding carboxylic acids is 1. The Balaban J connectivity index is 0. The normalized spacial score (nSPS) is 6.75. The predicted octanol–water partition coefficient (Wildman–Crippen LogP) is 0.0870. The molecule has 8 heavy (non-hydrogen) atoms. The molecule has 0 radical (unpaired) electrons. The molecule has 0 saturated heterocycles. The van der Waals surface area contributed by atoms with E-state index in [1.165, 1.54) is 7.11 Å². The average molecular weight is 140 g/mol. The van der Waals surface area contributed by atoms with Crippen LogP contribution in [0, 0.1) is 0 Å². The van der Waals surface area contributed by atoms with Gasteiger partial charge in [-0.3, -0.25) is 0 Å². The predicted molar refractivity (Wildman–Crippen MR) is 34.0 cm³/mol. The zero-order valence-corrected chi connectivity index (χ0v) is 4.52.